The molecule has 1 aliphatic rings. The van der Waals surface area contributed by atoms with E-state index in [1.54, 1.807) is 0 Å². The molecule has 1 aliphatic heterocycles. The average Bonchev–Trinajstić information content (AvgIpc) is 3.03. The number of aromatic nitrogens is 1. The molecule has 1 fully saturated rings. The quantitative estimate of drug-likeness (QED) is 0.188. The Kier molecular flexibility index (Phi) is 12.8. The first-order valence-corrected chi connectivity index (χ1v) is 17.0. The molecule has 3 aromatic rings. The first-order chi connectivity index (χ1) is 21.7. The first-order valence-electron chi connectivity index (χ1n) is 17.0. The molecular weight excluding hydrogens is 560 g/mol. The molecule has 2 heterocycles. The summed E-state index contributed by atoms with van der Waals surface area (Å²) in [5.74, 6) is -0.169. The molecule has 0 radical (unpaired) electrons. The Morgan fingerprint density at radius 2 is 1.60 bits per heavy atom. The zero-order chi connectivity index (χ0) is 32.3. The number of H-pyrrole nitrogens is 1. The normalized spacial score (nSPS) is 13.8. The van der Waals surface area contributed by atoms with Crippen LogP contribution < -0.4 is 15.8 Å². The molecule has 1 aromatic heterocycles. The van der Waals surface area contributed by atoms with Crippen molar-refractivity contribution in [2.75, 3.05) is 37.7 Å². The smallest absolute Gasteiger partial charge is 0.253 e. The lowest BCUT2D eigenvalue weighted by molar-refractivity contribution is 0.0846. The van der Waals surface area contributed by atoms with Gasteiger partial charge in [0, 0.05) is 61.4 Å². The summed E-state index contributed by atoms with van der Waals surface area (Å²) in [4.78, 5) is 34.4. The zero-order valence-electron chi connectivity index (χ0n) is 28.4. The predicted octanol–water partition coefficient (Wildman–Crippen LogP) is 7.30. The van der Waals surface area contributed by atoms with Gasteiger partial charge in [-0.15, -0.1) is 0 Å². The highest BCUT2D eigenvalue weighted by Gasteiger charge is 2.25. The van der Waals surface area contributed by atoms with Crippen LogP contribution >= 0.6 is 0 Å². The number of ether oxygens (including phenoxy) is 1. The number of rotatable bonds is 15. The summed E-state index contributed by atoms with van der Waals surface area (Å²) in [6.45, 7) is 18.3. The molecular formula is C38H54N4O3. The second-order valence-electron chi connectivity index (χ2n) is 12.6. The Morgan fingerprint density at radius 1 is 0.933 bits per heavy atom. The topological polar surface area (TPSA) is 77.7 Å². The van der Waals surface area contributed by atoms with Crippen molar-refractivity contribution in [1.29, 1.82) is 0 Å². The summed E-state index contributed by atoms with van der Waals surface area (Å²) in [5, 5.41) is 3.06. The van der Waals surface area contributed by atoms with Crippen LogP contribution in [0.1, 0.15) is 97.6 Å². The van der Waals surface area contributed by atoms with Gasteiger partial charge in [-0.1, -0.05) is 51.0 Å². The van der Waals surface area contributed by atoms with Crippen LogP contribution in [0.25, 0.3) is 11.1 Å². The van der Waals surface area contributed by atoms with Crippen LogP contribution in [0.3, 0.4) is 0 Å². The van der Waals surface area contributed by atoms with Crippen molar-refractivity contribution in [2.45, 2.75) is 99.2 Å². The Labute approximate surface area is 270 Å². The molecule has 2 N–H and O–H groups in total. The fourth-order valence-electron chi connectivity index (χ4n) is 6.48. The molecule has 244 valence electrons. The standard InChI is InChI=1S/C38H54N4O3/c1-7-10-18-41(19-11-8-2)26-30-12-14-31(15-13-30)32-23-34(37(43)39-25-35-27(4)22-28(5)40-38(35)44)29(6)36(24-32)42(9-3)33-16-20-45-21-17-33/h12-15,22-24,33H,7-11,16-21,25-26H2,1-6H3,(H,39,43)(H,40,44). The van der Waals surface area contributed by atoms with E-state index in [4.69, 9.17) is 4.74 Å². The van der Waals surface area contributed by atoms with Gasteiger partial charge in [0.2, 0.25) is 0 Å². The van der Waals surface area contributed by atoms with Crippen molar-refractivity contribution >= 4 is 11.6 Å². The number of carbonyl (C=O) groups is 1. The Bertz CT molecular complexity index is 1450. The molecule has 45 heavy (non-hydrogen) atoms. The molecule has 0 atom stereocenters. The number of amides is 1. The van der Waals surface area contributed by atoms with Crippen LogP contribution in [0.15, 0.2) is 47.3 Å². The summed E-state index contributed by atoms with van der Waals surface area (Å²) < 4.78 is 5.68. The highest BCUT2D eigenvalue weighted by Crippen LogP contribution is 2.34. The van der Waals surface area contributed by atoms with E-state index in [0.29, 0.717) is 17.2 Å². The van der Waals surface area contributed by atoms with Crippen LogP contribution in [0.2, 0.25) is 0 Å². The number of hydrogen-bond donors (Lipinski definition) is 2. The Morgan fingerprint density at radius 3 is 2.20 bits per heavy atom. The van der Waals surface area contributed by atoms with Gasteiger partial charge in [0.25, 0.3) is 11.5 Å². The molecule has 7 nitrogen and oxygen atoms in total. The summed E-state index contributed by atoms with van der Waals surface area (Å²) in [6.07, 6.45) is 6.79. The number of aryl methyl sites for hydroxylation is 2. The van der Waals surface area contributed by atoms with Gasteiger partial charge in [-0.05, 0) is 112 Å². The second-order valence-corrected chi connectivity index (χ2v) is 12.6. The van der Waals surface area contributed by atoms with Crippen molar-refractivity contribution < 1.29 is 9.53 Å². The summed E-state index contributed by atoms with van der Waals surface area (Å²) in [5.41, 5.74) is 8.24. The van der Waals surface area contributed by atoms with E-state index in [1.165, 1.54) is 31.2 Å². The van der Waals surface area contributed by atoms with Crippen molar-refractivity contribution in [1.82, 2.24) is 15.2 Å². The molecule has 0 saturated carbocycles. The number of nitrogens with one attached hydrogen (secondary N) is 2. The van der Waals surface area contributed by atoms with E-state index in [-0.39, 0.29) is 18.0 Å². The third-order valence-corrected chi connectivity index (χ3v) is 9.18. The third kappa shape index (κ3) is 9.08. The van der Waals surface area contributed by atoms with Gasteiger partial charge in [-0.25, -0.2) is 0 Å². The molecule has 1 amide bonds. The molecule has 4 rings (SSSR count). The lowest BCUT2D eigenvalue weighted by Crippen LogP contribution is -2.40. The maximum atomic E-state index is 13.8. The molecule has 2 aromatic carbocycles. The van der Waals surface area contributed by atoms with E-state index in [9.17, 15) is 9.59 Å². The second kappa shape index (κ2) is 16.8. The van der Waals surface area contributed by atoms with Gasteiger partial charge >= 0.3 is 0 Å². The maximum absolute atomic E-state index is 13.8. The number of nitrogens with zero attached hydrogens (tertiary/aromatic N) is 2. The SMILES string of the molecule is CCCCN(CCCC)Cc1ccc(-c2cc(C(=O)NCc3c(C)cc(C)[nH]c3=O)c(C)c(N(CC)C3CCOCC3)c2)cc1. The minimum atomic E-state index is -0.169. The van der Waals surface area contributed by atoms with E-state index in [1.807, 2.05) is 32.9 Å². The molecule has 0 bridgehead atoms. The van der Waals surface area contributed by atoms with E-state index < -0.39 is 0 Å². The largest absolute Gasteiger partial charge is 0.381 e. The average molecular weight is 615 g/mol. The highest BCUT2D eigenvalue weighted by molar-refractivity contribution is 5.99. The van der Waals surface area contributed by atoms with Crippen LogP contribution in [0, 0.1) is 20.8 Å². The molecule has 1 saturated heterocycles. The van der Waals surface area contributed by atoms with Gasteiger partial charge < -0.3 is 19.9 Å². The van der Waals surface area contributed by atoms with Crippen LogP contribution in [-0.4, -0.2) is 54.7 Å². The summed E-state index contributed by atoms with van der Waals surface area (Å²) >= 11 is 0. The summed E-state index contributed by atoms with van der Waals surface area (Å²) in [7, 11) is 0. The van der Waals surface area contributed by atoms with Gasteiger partial charge in [0.1, 0.15) is 0 Å². The zero-order valence-corrected chi connectivity index (χ0v) is 28.4. The van der Waals surface area contributed by atoms with E-state index in [0.717, 1.165) is 85.9 Å². The van der Waals surface area contributed by atoms with Crippen LogP contribution in [0.4, 0.5) is 5.69 Å². The third-order valence-electron chi connectivity index (χ3n) is 9.18. The number of carbonyl (C=O) groups excluding carboxylic acids is 1. The Hall–Kier alpha value is -3.42. The maximum Gasteiger partial charge on any atom is 0.253 e. The van der Waals surface area contributed by atoms with E-state index >= 15 is 0 Å². The van der Waals surface area contributed by atoms with Crippen LogP contribution in [0.5, 0.6) is 0 Å². The van der Waals surface area contributed by atoms with Crippen molar-refractivity contribution in [3.05, 3.63) is 86.3 Å². The molecule has 7 heteroatoms. The van der Waals surface area contributed by atoms with Crippen molar-refractivity contribution in [3.63, 3.8) is 0 Å². The van der Waals surface area contributed by atoms with Gasteiger partial charge in [0.05, 0.1) is 0 Å². The van der Waals surface area contributed by atoms with Gasteiger partial charge in [-0.3, -0.25) is 14.5 Å². The molecule has 0 aliphatic carbocycles. The minimum absolute atomic E-state index is 0.154. The lowest BCUT2D eigenvalue weighted by atomic mass is 9.94. The number of unbranched alkanes of at least 4 members (excludes halogenated alkanes) is 2. The highest BCUT2D eigenvalue weighted by atomic mass is 16.5. The number of aromatic amines is 1. The van der Waals surface area contributed by atoms with Crippen molar-refractivity contribution in [3.8, 4) is 11.1 Å². The number of hydrogen-bond acceptors (Lipinski definition) is 5. The number of anilines is 1. The number of pyridine rings is 1. The number of benzene rings is 2. The van der Waals surface area contributed by atoms with Gasteiger partial charge in [0.15, 0.2) is 0 Å². The predicted molar refractivity (Wildman–Crippen MR) is 186 cm³/mol. The van der Waals surface area contributed by atoms with Crippen LogP contribution in [-0.2, 0) is 17.8 Å². The summed E-state index contributed by atoms with van der Waals surface area (Å²) in [6, 6.07) is 15.4. The minimum Gasteiger partial charge on any atom is -0.381 e. The fourth-order valence-corrected chi connectivity index (χ4v) is 6.48. The van der Waals surface area contributed by atoms with Gasteiger partial charge in [-0.2, -0.15) is 0 Å². The monoisotopic (exact) mass is 614 g/mol. The molecule has 0 spiro atoms. The fraction of sp³-hybridized carbons (Fsp3) is 0.526. The first kappa shape index (κ1) is 34.5. The molecule has 0 unspecified atom stereocenters. The van der Waals surface area contributed by atoms with Crippen molar-refractivity contribution in [2.24, 2.45) is 0 Å². The van der Waals surface area contributed by atoms with E-state index in [2.05, 4.69) is 71.2 Å². The Balaban J connectivity index is 1.66. The lowest BCUT2D eigenvalue weighted by Gasteiger charge is -2.37.